The summed E-state index contributed by atoms with van der Waals surface area (Å²) in [6, 6.07) is 10.2. The zero-order valence-corrected chi connectivity index (χ0v) is 80.6. The van der Waals surface area contributed by atoms with E-state index < -0.39 is 0 Å². The Bertz CT molecular complexity index is 4900. The van der Waals surface area contributed by atoms with Crippen molar-refractivity contribution < 1.29 is 4.42 Å². The van der Waals surface area contributed by atoms with Gasteiger partial charge in [-0.15, -0.1) is 22.7 Å². The molecule has 16 rings (SSSR count). The fourth-order valence-corrected chi connectivity index (χ4v) is 16.0. The van der Waals surface area contributed by atoms with Crippen LogP contribution in [0.4, 0.5) is 0 Å². The Morgan fingerprint density at radius 2 is 0.785 bits per heavy atom. The highest BCUT2D eigenvalue weighted by atomic mass is 32.1. The molecule has 1 aliphatic carbocycles. The van der Waals surface area contributed by atoms with Gasteiger partial charge in [-0.2, -0.15) is 5.10 Å². The van der Waals surface area contributed by atoms with Crippen molar-refractivity contribution in [2.24, 2.45) is 0 Å². The molecule has 121 heavy (non-hydrogen) atoms. The number of aromatic amines is 1. The summed E-state index contributed by atoms with van der Waals surface area (Å²) in [5, 5.41) is 16.6. The van der Waals surface area contributed by atoms with Crippen molar-refractivity contribution >= 4 is 70.9 Å². The average molecular weight is 1680 g/mol. The van der Waals surface area contributed by atoms with Gasteiger partial charge in [0, 0.05) is 95.9 Å². The van der Waals surface area contributed by atoms with Crippen LogP contribution in [0, 0.1) is 0 Å². The third-order valence-corrected chi connectivity index (χ3v) is 22.8. The SMILES string of the molecule is CC(C)c1nc(C(C)C)c2[nH]cnc2n1.CC(C)c1nc(C(C)C)c2cccn2n1.CC(C)c1nc(C(C)C)c2ccsc2n1.CC(C)c1nc(C(C)C)c2occc2n1.CC(C)c1nc(C(C)C)c2sccc2n1.CC(C)c1nc2c(c(C(C)C)n1)CCC2.CC(C)c1nc2c(c(C(C)C)n1)CCNC2.CC(C)c1nc2c(c(C(C)C)n1)CNC2. The third kappa shape index (κ3) is 24.5. The number of aryl methyl sites for hydroxylation is 1. The number of hydrogen-bond donors (Lipinski definition) is 3. The minimum absolute atomic E-state index is 0.337. The van der Waals surface area contributed by atoms with E-state index in [0.29, 0.717) is 94.7 Å². The largest absolute Gasteiger partial charge is 0.461 e. The van der Waals surface area contributed by atoms with Crippen molar-refractivity contribution in [1.29, 1.82) is 0 Å². The monoisotopic (exact) mass is 1680 g/mol. The molecule has 13 aromatic heterocycles. The lowest BCUT2D eigenvalue weighted by molar-refractivity contribution is 0.592. The Morgan fingerprint density at radius 1 is 0.347 bits per heavy atom. The molecule has 0 saturated heterocycles. The second-order valence-electron chi connectivity index (χ2n) is 37.1. The first-order valence-corrected chi connectivity index (χ1v) is 46.4. The van der Waals surface area contributed by atoms with E-state index >= 15 is 0 Å². The Labute approximate surface area is 729 Å². The van der Waals surface area contributed by atoms with Crippen LogP contribution < -0.4 is 10.6 Å². The molecule has 0 amide bonds. The highest BCUT2D eigenvalue weighted by Crippen LogP contribution is 2.35. The minimum atomic E-state index is 0.337. The van der Waals surface area contributed by atoms with E-state index in [2.05, 4.69) is 336 Å². The van der Waals surface area contributed by atoms with Gasteiger partial charge in [0.15, 0.2) is 17.1 Å². The maximum absolute atomic E-state index is 5.42. The lowest BCUT2D eigenvalue weighted by atomic mass is 9.97. The first-order chi connectivity index (χ1) is 57.2. The normalized spacial score (nSPS) is 13.2. The van der Waals surface area contributed by atoms with E-state index in [-0.39, 0.29) is 0 Å². The van der Waals surface area contributed by atoms with Gasteiger partial charge in [-0.1, -0.05) is 222 Å². The van der Waals surface area contributed by atoms with Crippen LogP contribution in [0.2, 0.25) is 0 Å². The van der Waals surface area contributed by atoms with E-state index in [9.17, 15) is 0 Å². The molecular weight excluding hydrogens is 1540 g/mol. The number of fused-ring (bicyclic) bond motifs is 8. The van der Waals surface area contributed by atoms with Crippen LogP contribution in [0.5, 0.6) is 0 Å². The zero-order chi connectivity index (χ0) is 88.7. The second kappa shape index (κ2) is 43.4. The van der Waals surface area contributed by atoms with Gasteiger partial charge in [0.1, 0.15) is 56.6 Å². The van der Waals surface area contributed by atoms with Crippen molar-refractivity contribution in [2.75, 3.05) is 6.54 Å². The zero-order valence-electron chi connectivity index (χ0n) is 78.9. The number of hydrogen-bond acceptors (Lipinski definition) is 22. The molecule has 15 heterocycles. The van der Waals surface area contributed by atoms with Gasteiger partial charge >= 0.3 is 0 Å². The Hall–Kier alpha value is -8.97. The second-order valence-corrected chi connectivity index (χ2v) is 38.9. The number of furan rings is 1. The number of rotatable bonds is 16. The number of nitrogens with zero attached hydrogens (tertiary/aromatic N) is 18. The summed E-state index contributed by atoms with van der Waals surface area (Å²) in [7, 11) is 0. The van der Waals surface area contributed by atoms with E-state index in [4.69, 9.17) is 19.4 Å². The predicted octanol–water partition coefficient (Wildman–Crippen LogP) is 24.8. The van der Waals surface area contributed by atoms with Gasteiger partial charge in [-0.3, -0.25) is 0 Å². The summed E-state index contributed by atoms with van der Waals surface area (Å²) in [4.78, 5) is 77.8. The Morgan fingerprint density at radius 3 is 1.33 bits per heavy atom. The van der Waals surface area contributed by atoms with Gasteiger partial charge < -0.3 is 20.0 Å². The molecule has 0 bridgehead atoms. The van der Waals surface area contributed by atoms with Gasteiger partial charge in [0.25, 0.3) is 0 Å². The minimum Gasteiger partial charge on any atom is -0.461 e. The topological polar surface area (TPSA) is 277 Å². The standard InChI is InChI=1S/C13H21N3.C13H20N2.C12H19N3.C12H17N3.C12H16N2O.2C12H16N2S.C11H16N4/c1-8(2)12-10-5-6-14-7-11(10)15-13(16-12)9(3)4;1-8(2)12-10-6-5-7-11(10)14-13(15-12)9(3)4;1-7(2)11-9-5-13-6-10(9)14-12(15-11)8(3)4;1-8(2)11-10-6-5-7-15(10)14-12(13-11)9(3)4;2*1-7(2)10-11-9(5-6-15-11)13-12(14-10)8(3)4;1-7(2)10-9-5-6-15-12(9)14-11(13-10)8(3)4;1-6(2)8-9-11(13-5-12-9)15-10(14-8)7(3)4/h8-9,14H,5-7H2,1-4H3;8-9H,5-7H2,1-4H3;7-8,13H,5-6H2,1-4H3;5-9H,1-4H3;3*5-8H,1-4H3;5-7H,1-4H3,(H,12,13,14,15). The molecule has 3 aliphatic rings. The predicted molar refractivity (Wildman–Crippen MR) is 501 cm³/mol. The van der Waals surface area contributed by atoms with Crippen LogP contribution in [0.3, 0.4) is 0 Å². The van der Waals surface area contributed by atoms with Crippen LogP contribution in [0.1, 0.15) is 449 Å². The van der Waals surface area contributed by atoms with Crippen LogP contribution in [-0.4, -0.2) is 101 Å². The van der Waals surface area contributed by atoms with Crippen molar-refractivity contribution in [1.82, 2.24) is 105 Å². The summed E-state index contributed by atoms with van der Waals surface area (Å²) < 4.78 is 8.59. The molecule has 13 aromatic rings. The van der Waals surface area contributed by atoms with Gasteiger partial charge in [0.05, 0.1) is 85.3 Å². The molecule has 24 heteroatoms. The quantitative estimate of drug-likeness (QED) is 0.0810. The van der Waals surface area contributed by atoms with Gasteiger partial charge in [-0.05, 0) is 126 Å². The molecule has 0 atom stereocenters. The summed E-state index contributed by atoms with van der Waals surface area (Å²) >= 11 is 3.44. The highest BCUT2D eigenvalue weighted by Gasteiger charge is 2.26. The molecular formula is C97H141N21OS2. The van der Waals surface area contributed by atoms with Crippen molar-refractivity contribution in [2.45, 2.75) is 362 Å². The number of thiophene rings is 2. The smallest absolute Gasteiger partial charge is 0.181 e. The number of imidazole rings is 1. The van der Waals surface area contributed by atoms with E-state index in [0.717, 1.165) is 141 Å². The fourth-order valence-electron chi connectivity index (χ4n) is 14.2. The number of aromatic nitrogens is 19. The molecule has 0 fully saturated rings. The molecule has 652 valence electrons. The van der Waals surface area contributed by atoms with Crippen LogP contribution >= 0.6 is 22.7 Å². The third-order valence-electron chi connectivity index (χ3n) is 21.0. The summed E-state index contributed by atoms with van der Waals surface area (Å²) in [5.74, 6) is 14.3. The van der Waals surface area contributed by atoms with Crippen molar-refractivity contribution in [3.05, 3.63) is 186 Å². The summed E-state index contributed by atoms with van der Waals surface area (Å²) in [6.07, 6.45) is 9.99. The summed E-state index contributed by atoms with van der Waals surface area (Å²) in [5.41, 5.74) is 23.0. The first kappa shape index (κ1) is 95.9. The maximum Gasteiger partial charge on any atom is 0.181 e. The highest BCUT2D eigenvalue weighted by molar-refractivity contribution is 7.17. The van der Waals surface area contributed by atoms with E-state index in [1.165, 1.54) is 85.2 Å². The van der Waals surface area contributed by atoms with Crippen molar-refractivity contribution in [3.63, 3.8) is 0 Å². The van der Waals surface area contributed by atoms with Crippen LogP contribution in [0.25, 0.3) is 48.2 Å². The molecule has 0 spiro atoms. The number of nitrogens with one attached hydrogen (secondary N) is 3. The van der Waals surface area contributed by atoms with Gasteiger partial charge in [0.2, 0.25) is 0 Å². The average Bonchev–Trinajstić information content (AvgIpc) is 1.10. The molecule has 3 N–H and O–H groups in total. The molecule has 22 nitrogen and oxygen atoms in total. The molecule has 2 aliphatic heterocycles. The van der Waals surface area contributed by atoms with E-state index in [1.807, 2.05) is 22.8 Å². The van der Waals surface area contributed by atoms with Crippen LogP contribution in [0.15, 0.2) is 64.3 Å². The molecule has 0 saturated carbocycles. The first-order valence-electron chi connectivity index (χ1n) is 44.7. The molecule has 0 aromatic carbocycles. The van der Waals surface area contributed by atoms with Crippen molar-refractivity contribution in [3.8, 4) is 0 Å². The Kier molecular flexibility index (Phi) is 34.4. The summed E-state index contributed by atoms with van der Waals surface area (Å²) in [6.45, 7) is 72.8. The maximum atomic E-state index is 5.42. The Balaban J connectivity index is 0.000000157. The number of H-pyrrole nitrogens is 1. The van der Waals surface area contributed by atoms with E-state index in [1.54, 1.807) is 35.3 Å². The molecule has 0 radical (unpaired) electrons. The fraction of sp³-hybridized carbons (Fsp3) is 0.577. The lowest BCUT2D eigenvalue weighted by Gasteiger charge is -2.22. The van der Waals surface area contributed by atoms with Crippen LogP contribution in [-0.2, 0) is 38.9 Å². The van der Waals surface area contributed by atoms with Gasteiger partial charge in [-0.25, -0.2) is 84.3 Å². The molecule has 0 unspecified atom stereocenters. The lowest BCUT2D eigenvalue weighted by Crippen LogP contribution is -2.27.